The molecule has 114 valence electrons. The summed E-state index contributed by atoms with van der Waals surface area (Å²) in [4.78, 5) is 10.6. The summed E-state index contributed by atoms with van der Waals surface area (Å²) in [5, 5.41) is 8.82. The highest BCUT2D eigenvalue weighted by atomic mass is 32.2. The minimum Gasteiger partial charge on any atom is -0.497 e. The van der Waals surface area contributed by atoms with E-state index < -0.39 is 22.5 Å². The SMILES string of the molecule is C#CCN(CC(=O)O)S(=O)(=O)c1cc(OC)ccc1OC. The Hall–Kier alpha value is -2.24. The summed E-state index contributed by atoms with van der Waals surface area (Å²) in [5.74, 6) is 1.19. The number of benzene rings is 1. The first-order chi connectivity index (χ1) is 9.86. The highest BCUT2D eigenvalue weighted by molar-refractivity contribution is 7.89. The summed E-state index contributed by atoms with van der Waals surface area (Å²) in [5.41, 5.74) is 0. The van der Waals surface area contributed by atoms with Crippen LogP contribution in [0.3, 0.4) is 0 Å². The number of aliphatic carboxylic acids is 1. The van der Waals surface area contributed by atoms with Crippen LogP contribution in [0.15, 0.2) is 23.1 Å². The summed E-state index contributed by atoms with van der Waals surface area (Å²) in [6.45, 7) is -1.11. The van der Waals surface area contributed by atoms with Crippen LogP contribution in [0.2, 0.25) is 0 Å². The van der Waals surface area contributed by atoms with Gasteiger partial charge in [-0.15, -0.1) is 6.42 Å². The average Bonchev–Trinajstić information content (AvgIpc) is 2.45. The van der Waals surface area contributed by atoms with Crippen LogP contribution in [-0.2, 0) is 14.8 Å². The van der Waals surface area contributed by atoms with E-state index in [0.717, 1.165) is 0 Å². The molecule has 1 rings (SSSR count). The first-order valence-corrected chi connectivity index (χ1v) is 7.18. The van der Waals surface area contributed by atoms with Crippen molar-refractivity contribution in [3.63, 3.8) is 0 Å². The van der Waals surface area contributed by atoms with Crippen molar-refractivity contribution in [2.24, 2.45) is 0 Å². The van der Waals surface area contributed by atoms with Gasteiger partial charge in [-0.3, -0.25) is 4.79 Å². The fourth-order valence-electron chi connectivity index (χ4n) is 1.60. The van der Waals surface area contributed by atoms with Gasteiger partial charge in [0.25, 0.3) is 0 Å². The fourth-order valence-corrected chi connectivity index (χ4v) is 3.08. The molecule has 7 nitrogen and oxygen atoms in total. The van der Waals surface area contributed by atoms with Crippen LogP contribution >= 0.6 is 0 Å². The van der Waals surface area contributed by atoms with E-state index in [2.05, 4.69) is 5.92 Å². The third kappa shape index (κ3) is 3.87. The number of carbonyl (C=O) groups is 1. The van der Waals surface area contributed by atoms with E-state index in [9.17, 15) is 13.2 Å². The summed E-state index contributed by atoms with van der Waals surface area (Å²) in [6, 6.07) is 4.20. The second kappa shape index (κ2) is 6.97. The van der Waals surface area contributed by atoms with Crippen LogP contribution in [0.1, 0.15) is 0 Å². The van der Waals surface area contributed by atoms with Crippen molar-refractivity contribution in [2.75, 3.05) is 27.3 Å². The smallest absolute Gasteiger partial charge is 0.318 e. The Morgan fingerprint density at radius 2 is 2.05 bits per heavy atom. The molecule has 0 heterocycles. The van der Waals surface area contributed by atoms with Crippen LogP contribution in [0.25, 0.3) is 0 Å². The fraction of sp³-hybridized carbons (Fsp3) is 0.308. The van der Waals surface area contributed by atoms with E-state index in [4.69, 9.17) is 21.0 Å². The van der Waals surface area contributed by atoms with E-state index in [1.165, 1.54) is 32.4 Å². The zero-order valence-corrected chi connectivity index (χ0v) is 12.4. The van der Waals surface area contributed by atoms with Crippen molar-refractivity contribution in [1.82, 2.24) is 4.31 Å². The third-order valence-electron chi connectivity index (χ3n) is 2.57. The van der Waals surface area contributed by atoms with Gasteiger partial charge in [-0.05, 0) is 12.1 Å². The van der Waals surface area contributed by atoms with Gasteiger partial charge in [-0.1, -0.05) is 5.92 Å². The molecule has 0 radical (unpaired) electrons. The molecule has 8 heteroatoms. The maximum Gasteiger partial charge on any atom is 0.318 e. The molecule has 0 spiro atoms. The standard InChI is InChI=1S/C13H15NO6S/c1-4-7-14(9-13(15)16)21(17,18)12-8-10(19-2)5-6-11(12)20-3/h1,5-6,8H,7,9H2,2-3H3,(H,15,16). The molecule has 21 heavy (non-hydrogen) atoms. The molecule has 0 aliphatic heterocycles. The molecule has 0 saturated heterocycles. The Kier molecular flexibility index (Phi) is 5.58. The number of ether oxygens (including phenoxy) is 2. The molecular weight excluding hydrogens is 298 g/mol. The van der Waals surface area contributed by atoms with Crippen LogP contribution in [-0.4, -0.2) is 51.1 Å². The third-order valence-corrected chi connectivity index (χ3v) is 4.38. The average molecular weight is 313 g/mol. The molecule has 0 bridgehead atoms. The molecule has 0 saturated carbocycles. The van der Waals surface area contributed by atoms with Gasteiger partial charge in [0, 0.05) is 6.07 Å². The van der Waals surface area contributed by atoms with Crippen molar-refractivity contribution < 1.29 is 27.8 Å². The Bertz CT molecular complexity index is 662. The normalized spacial score (nSPS) is 11.0. The van der Waals surface area contributed by atoms with Gasteiger partial charge in [0.1, 0.15) is 22.9 Å². The lowest BCUT2D eigenvalue weighted by Gasteiger charge is -2.19. The largest absolute Gasteiger partial charge is 0.497 e. The monoisotopic (exact) mass is 313 g/mol. The molecule has 1 aromatic rings. The van der Waals surface area contributed by atoms with Crippen LogP contribution < -0.4 is 9.47 Å². The van der Waals surface area contributed by atoms with E-state index in [-0.39, 0.29) is 17.2 Å². The zero-order chi connectivity index (χ0) is 16.0. The summed E-state index contributed by atoms with van der Waals surface area (Å²) in [7, 11) is -1.44. The van der Waals surface area contributed by atoms with Crippen molar-refractivity contribution in [1.29, 1.82) is 0 Å². The Labute approximate surface area is 123 Å². The maximum atomic E-state index is 12.5. The Morgan fingerprint density at radius 1 is 1.38 bits per heavy atom. The number of methoxy groups -OCH3 is 2. The van der Waals surface area contributed by atoms with Crippen molar-refractivity contribution >= 4 is 16.0 Å². The summed E-state index contributed by atoms with van der Waals surface area (Å²) >= 11 is 0. The van der Waals surface area contributed by atoms with Crippen LogP contribution in [0, 0.1) is 12.3 Å². The van der Waals surface area contributed by atoms with Gasteiger partial charge < -0.3 is 14.6 Å². The van der Waals surface area contributed by atoms with Crippen molar-refractivity contribution in [2.45, 2.75) is 4.90 Å². The zero-order valence-electron chi connectivity index (χ0n) is 11.6. The van der Waals surface area contributed by atoms with Gasteiger partial charge in [-0.25, -0.2) is 8.42 Å². The van der Waals surface area contributed by atoms with E-state index in [1.807, 2.05) is 0 Å². The van der Waals surface area contributed by atoms with Crippen LogP contribution in [0.5, 0.6) is 11.5 Å². The lowest BCUT2D eigenvalue weighted by molar-refractivity contribution is -0.137. The van der Waals surface area contributed by atoms with Gasteiger partial charge in [-0.2, -0.15) is 4.31 Å². The lowest BCUT2D eigenvalue weighted by atomic mass is 10.3. The van der Waals surface area contributed by atoms with E-state index >= 15 is 0 Å². The summed E-state index contributed by atoms with van der Waals surface area (Å²) < 4.78 is 35.7. The molecule has 0 aromatic heterocycles. The van der Waals surface area contributed by atoms with E-state index in [0.29, 0.717) is 10.1 Å². The molecule has 0 aliphatic carbocycles. The van der Waals surface area contributed by atoms with Gasteiger partial charge >= 0.3 is 5.97 Å². The lowest BCUT2D eigenvalue weighted by Crippen LogP contribution is -2.36. The number of hydrogen-bond donors (Lipinski definition) is 1. The highest BCUT2D eigenvalue weighted by Crippen LogP contribution is 2.30. The molecule has 0 unspecified atom stereocenters. The molecule has 0 aliphatic rings. The Balaban J connectivity index is 3.39. The number of sulfonamides is 1. The minimum absolute atomic E-state index is 0.0724. The quantitative estimate of drug-likeness (QED) is 0.733. The van der Waals surface area contributed by atoms with E-state index in [1.54, 1.807) is 0 Å². The number of carboxylic acid groups (broad SMARTS) is 1. The second-order valence-electron chi connectivity index (χ2n) is 3.89. The maximum absolute atomic E-state index is 12.5. The van der Waals surface area contributed by atoms with Crippen LogP contribution in [0.4, 0.5) is 0 Å². The highest BCUT2D eigenvalue weighted by Gasteiger charge is 2.29. The first kappa shape index (κ1) is 16.8. The number of carboxylic acids is 1. The minimum atomic E-state index is -4.13. The second-order valence-corrected chi connectivity index (χ2v) is 5.79. The summed E-state index contributed by atoms with van der Waals surface area (Å²) in [6.07, 6.45) is 5.10. The Morgan fingerprint density at radius 3 is 2.52 bits per heavy atom. The van der Waals surface area contributed by atoms with Gasteiger partial charge in [0.15, 0.2) is 0 Å². The number of terminal acetylenes is 1. The number of rotatable bonds is 7. The molecule has 1 aromatic carbocycles. The topological polar surface area (TPSA) is 93.1 Å². The van der Waals surface area contributed by atoms with Gasteiger partial charge in [0.05, 0.1) is 20.8 Å². The predicted molar refractivity (Wildman–Crippen MR) is 74.8 cm³/mol. The molecular formula is C13H15NO6S. The molecule has 1 N–H and O–H groups in total. The molecule has 0 atom stereocenters. The molecule has 0 fully saturated rings. The van der Waals surface area contributed by atoms with Crippen molar-refractivity contribution in [3.8, 4) is 23.8 Å². The van der Waals surface area contributed by atoms with Gasteiger partial charge in [0.2, 0.25) is 10.0 Å². The number of hydrogen-bond acceptors (Lipinski definition) is 5. The van der Waals surface area contributed by atoms with Crippen molar-refractivity contribution in [3.05, 3.63) is 18.2 Å². The predicted octanol–water partition coefficient (Wildman–Crippen LogP) is 0.412. The molecule has 0 amide bonds. The number of nitrogens with zero attached hydrogens (tertiary/aromatic N) is 1. The first-order valence-electron chi connectivity index (χ1n) is 5.74.